The number of nitrogens with two attached hydrogens (primary N) is 1. The molecule has 3 aromatic rings. The van der Waals surface area contributed by atoms with Gasteiger partial charge in [-0.1, -0.05) is 11.8 Å². The van der Waals surface area contributed by atoms with Crippen molar-refractivity contribution in [1.29, 1.82) is 0 Å². The van der Waals surface area contributed by atoms with E-state index in [0.717, 1.165) is 11.8 Å². The maximum Gasteiger partial charge on any atom is 0.339 e. The van der Waals surface area contributed by atoms with E-state index in [1.807, 2.05) is 0 Å². The summed E-state index contributed by atoms with van der Waals surface area (Å²) in [5, 5.41) is 12.3. The summed E-state index contributed by atoms with van der Waals surface area (Å²) < 4.78 is 4.98. The lowest BCUT2D eigenvalue weighted by molar-refractivity contribution is -0.113. The van der Waals surface area contributed by atoms with Crippen molar-refractivity contribution in [3.63, 3.8) is 0 Å². The van der Waals surface area contributed by atoms with E-state index in [2.05, 4.69) is 25.3 Å². The second kappa shape index (κ2) is 7.27. The first-order valence-corrected chi connectivity index (χ1v) is 8.27. The molecule has 0 spiro atoms. The number of methoxy groups -OCH3 is 1. The Hall–Kier alpha value is -3.34. The van der Waals surface area contributed by atoms with Crippen LogP contribution in [0.4, 0.5) is 11.6 Å². The van der Waals surface area contributed by atoms with E-state index < -0.39 is 5.97 Å². The molecule has 0 saturated carbocycles. The summed E-state index contributed by atoms with van der Waals surface area (Å²) in [6, 6.07) is 4.37. The second-order valence-corrected chi connectivity index (χ2v) is 6.01. The van der Waals surface area contributed by atoms with E-state index in [9.17, 15) is 14.7 Å². The number of aromatic amines is 1. The van der Waals surface area contributed by atoms with Gasteiger partial charge in [0.25, 0.3) is 0 Å². The first-order chi connectivity index (χ1) is 12.5. The summed E-state index contributed by atoms with van der Waals surface area (Å²) in [5.41, 5.74) is 6.95. The van der Waals surface area contributed by atoms with Gasteiger partial charge in [-0.15, -0.1) is 0 Å². The summed E-state index contributed by atoms with van der Waals surface area (Å²) in [6.07, 6.45) is 1.47. The van der Waals surface area contributed by atoms with Gasteiger partial charge in [0.1, 0.15) is 21.9 Å². The van der Waals surface area contributed by atoms with Crippen LogP contribution in [0, 0.1) is 0 Å². The highest BCUT2D eigenvalue weighted by Crippen LogP contribution is 2.25. The molecule has 0 atom stereocenters. The van der Waals surface area contributed by atoms with Crippen LogP contribution in [0.5, 0.6) is 5.75 Å². The number of fused-ring (bicyclic) bond motifs is 1. The van der Waals surface area contributed by atoms with Crippen LogP contribution >= 0.6 is 11.8 Å². The Bertz CT molecular complexity index is 989. The average molecular weight is 374 g/mol. The normalized spacial score (nSPS) is 10.7. The van der Waals surface area contributed by atoms with Gasteiger partial charge in [0.15, 0.2) is 5.65 Å². The van der Waals surface area contributed by atoms with Crippen molar-refractivity contribution in [3.05, 3.63) is 30.1 Å². The molecule has 0 aliphatic heterocycles. The molecule has 0 aliphatic rings. The number of nitrogens with one attached hydrogen (secondary N) is 2. The summed E-state index contributed by atoms with van der Waals surface area (Å²) >= 11 is 1.16. The number of nitrogen functional groups attached to an aromatic ring is 1. The maximum atomic E-state index is 12.2. The number of hydrogen-bond donors (Lipinski definition) is 4. The molecule has 26 heavy (non-hydrogen) atoms. The van der Waals surface area contributed by atoms with Gasteiger partial charge in [-0.2, -0.15) is 4.98 Å². The number of thioether (sulfide) groups is 1. The number of aromatic carboxylic acids is 1. The zero-order valence-corrected chi connectivity index (χ0v) is 14.3. The van der Waals surface area contributed by atoms with Gasteiger partial charge in [0.05, 0.1) is 19.2 Å². The van der Waals surface area contributed by atoms with Crippen molar-refractivity contribution in [2.75, 3.05) is 23.9 Å². The lowest BCUT2D eigenvalue weighted by Crippen LogP contribution is -2.15. The van der Waals surface area contributed by atoms with E-state index in [1.54, 1.807) is 6.07 Å². The smallest absolute Gasteiger partial charge is 0.339 e. The summed E-state index contributed by atoms with van der Waals surface area (Å²) in [6.45, 7) is 0. The topological polar surface area (TPSA) is 156 Å². The van der Waals surface area contributed by atoms with Gasteiger partial charge in [0, 0.05) is 5.69 Å². The molecule has 2 heterocycles. The fourth-order valence-electron chi connectivity index (χ4n) is 2.21. The number of imidazole rings is 1. The number of aromatic nitrogens is 4. The van der Waals surface area contributed by atoms with E-state index in [4.69, 9.17) is 10.5 Å². The molecular formula is C15H14N6O4S. The number of H-pyrrole nitrogens is 1. The standard InChI is InChI=1S/C15H14N6O4S/c1-25-9-3-2-7(4-8(9)14(23)24)19-10(22)5-26-13-11-12(18-6-17-11)20-15(16)21-13/h2-4,6H,5H2,1H3,(H,19,22)(H,23,24)(H3,16,17,18,20,21). The van der Waals surface area contributed by atoms with E-state index in [0.29, 0.717) is 21.9 Å². The van der Waals surface area contributed by atoms with Crippen molar-refractivity contribution in [2.45, 2.75) is 5.03 Å². The van der Waals surface area contributed by atoms with Crippen LogP contribution in [-0.2, 0) is 4.79 Å². The number of ether oxygens (including phenoxy) is 1. The molecule has 134 valence electrons. The van der Waals surface area contributed by atoms with Crippen molar-refractivity contribution in [2.24, 2.45) is 0 Å². The van der Waals surface area contributed by atoms with Crippen molar-refractivity contribution >= 4 is 46.4 Å². The van der Waals surface area contributed by atoms with Crippen LogP contribution in [0.2, 0.25) is 0 Å². The summed E-state index contributed by atoms with van der Waals surface area (Å²) in [5.74, 6) is -1.16. The summed E-state index contributed by atoms with van der Waals surface area (Å²) in [4.78, 5) is 38.4. The van der Waals surface area contributed by atoms with Crippen molar-refractivity contribution < 1.29 is 19.4 Å². The number of carboxylic acids is 1. The van der Waals surface area contributed by atoms with Crippen LogP contribution in [0.3, 0.4) is 0 Å². The van der Waals surface area contributed by atoms with Crippen LogP contribution in [0.25, 0.3) is 11.2 Å². The molecule has 3 rings (SSSR count). The minimum Gasteiger partial charge on any atom is -0.496 e. The molecule has 10 nitrogen and oxygen atoms in total. The molecule has 2 aromatic heterocycles. The maximum absolute atomic E-state index is 12.2. The second-order valence-electron chi connectivity index (χ2n) is 5.05. The molecule has 1 amide bonds. The van der Waals surface area contributed by atoms with Gasteiger partial charge in [-0.3, -0.25) is 4.79 Å². The highest BCUT2D eigenvalue weighted by atomic mass is 32.2. The third-order valence-corrected chi connectivity index (χ3v) is 4.30. The quantitative estimate of drug-likeness (QED) is 0.369. The lowest BCUT2D eigenvalue weighted by Gasteiger charge is -2.09. The van der Waals surface area contributed by atoms with Gasteiger partial charge in [-0.05, 0) is 18.2 Å². The highest BCUT2D eigenvalue weighted by molar-refractivity contribution is 8.00. The number of carbonyl (C=O) groups excluding carboxylic acids is 1. The third-order valence-electron chi connectivity index (χ3n) is 3.32. The molecule has 0 aliphatic carbocycles. The predicted molar refractivity (Wildman–Crippen MR) is 95.4 cm³/mol. The van der Waals surface area contributed by atoms with Crippen LogP contribution in [0.15, 0.2) is 29.6 Å². The Balaban J connectivity index is 1.70. The molecule has 0 saturated heterocycles. The first-order valence-electron chi connectivity index (χ1n) is 7.28. The summed E-state index contributed by atoms with van der Waals surface area (Å²) in [7, 11) is 1.38. The Morgan fingerprint density at radius 3 is 2.92 bits per heavy atom. The van der Waals surface area contributed by atoms with Gasteiger partial charge >= 0.3 is 5.97 Å². The zero-order valence-electron chi connectivity index (χ0n) is 13.5. The number of carbonyl (C=O) groups is 2. The third kappa shape index (κ3) is 3.67. The Labute approximate surface area is 151 Å². The average Bonchev–Trinajstić information content (AvgIpc) is 3.07. The van der Waals surface area contributed by atoms with E-state index in [-0.39, 0.29) is 28.9 Å². The fourth-order valence-corrected chi connectivity index (χ4v) is 3.00. The number of carboxylic acid groups (broad SMARTS) is 1. The van der Waals surface area contributed by atoms with Crippen molar-refractivity contribution in [3.8, 4) is 5.75 Å². The number of amides is 1. The lowest BCUT2D eigenvalue weighted by atomic mass is 10.2. The number of rotatable bonds is 6. The number of nitrogens with zero attached hydrogens (tertiary/aromatic N) is 3. The monoisotopic (exact) mass is 374 g/mol. The molecule has 5 N–H and O–H groups in total. The Morgan fingerprint density at radius 1 is 1.38 bits per heavy atom. The molecular weight excluding hydrogens is 360 g/mol. The van der Waals surface area contributed by atoms with Gasteiger partial charge < -0.3 is 25.9 Å². The molecule has 0 fully saturated rings. The van der Waals surface area contributed by atoms with Crippen LogP contribution in [0.1, 0.15) is 10.4 Å². The highest BCUT2D eigenvalue weighted by Gasteiger charge is 2.14. The minimum atomic E-state index is -1.15. The van der Waals surface area contributed by atoms with Gasteiger partial charge in [-0.25, -0.2) is 14.8 Å². The fraction of sp³-hybridized carbons (Fsp3) is 0.133. The van der Waals surface area contributed by atoms with Gasteiger partial charge in [0.2, 0.25) is 11.9 Å². The molecule has 0 bridgehead atoms. The molecule has 1 aromatic carbocycles. The minimum absolute atomic E-state index is 0.0407. The van der Waals surface area contributed by atoms with Crippen LogP contribution < -0.4 is 15.8 Å². The van der Waals surface area contributed by atoms with E-state index in [1.165, 1.54) is 25.6 Å². The largest absolute Gasteiger partial charge is 0.496 e. The SMILES string of the molecule is COc1ccc(NC(=O)CSc2nc(N)nc3nc[nH]c23)cc1C(=O)O. The first kappa shape index (κ1) is 17.5. The van der Waals surface area contributed by atoms with Crippen molar-refractivity contribution in [1.82, 2.24) is 19.9 Å². The zero-order chi connectivity index (χ0) is 18.7. The van der Waals surface area contributed by atoms with Crippen LogP contribution in [-0.4, -0.2) is 49.8 Å². The molecule has 11 heteroatoms. The number of hydrogen-bond acceptors (Lipinski definition) is 8. The number of anilines is 2. The molecule has 0 radical (unpaired) electrons. The molecule has 0 unspecified atom stereocenters. The number of benzene rings is 1. The van der Waals surface area contributed by atoms with E-state index >= 15 is 0 Å². The Kier molecular flexibility index (Phi) is 4.89. The predicted octanol–water partition coefficient (Wildman–Crippen LogP) is 1.37. The Morgan fingerprint density at radius 2 is 2.19 bits per heavy atom.